The summed E-state index contributed by atoms with van der Waals surface area (Å²) in [6.45, 7) is 11.3. The highest BCUT2D eigenvalue weighted by molar-refractivity contribution is 5.79. The molecular weight excluding hydrogens is 368 g/mol. The molecule has 0 unspecified atom stereocenters. The maximum Gasteiger partial charge on any atom is 0.194 e. The molecule has 1 N–H and O–H groups in total. The zero-order chi connectivity index (χ0) is 21.1. The van der Waals surface area contributed by atoms with E-state index in [2.05, 4.69) is 43.5 Å². The molecule has 8 nitrogen and oxygen atoms in total. The fraction of sp³-hybridized carbons (Fsp3) is 0.476. The Morgan fingerprint density at radius 3 is 2.66 bits per heavy atom. The number of aromatic nitrogens is 3. The molecule has 0 saturated heterocycles. The summed E-state index contributed by atoms with van der Waals surface area (Å²) in [6.07, 6.45) is 2.62. The van der Waals surface area contributed by atoms with Gasteiger partial charge in [-0.05, 0) is 31.2 Å². The van der Waals surface area contributed by atoms with Crippen LogP contribution in [0.5, 0.6) is 11.5 Å². The van der Waals surface area contributed by atoms with Crippen LogP contribution < -0.4 is 14.8 Å². The molecule has 1 heterocycles. The highest BCUT2D eigenvalue weighted by Gasteiger charge is 2.08. The number of ether oxygens (including phenoxy) is 2. The van der Waals surface area contributed by atoms with Gasteiger partial charge in [0.15, 0.2) is 5.96 Å². The average Bonchev–Trinajstić information content (AvgIpc) is 3.18. The van der Waals surface area contributed by atoms with E-state index < -0.39 is 0 Å². The van der Waals surface area contributed by atoms with Crippen LogP contribution in [0.25, 0.3) is 0 Å². The van der Waals surface area contributed by atoms with Crippen LogP contribution >= 0.6 is 0 Å². The van der Waals surface area contributed by atoms with Crippen LogP contribution in [0, 0.1) is 0 Å². The number of methoxy groups -OCH3 is 1. The Hall–Kier alpha value is -3.03. The average molecular weight is 401 g/mol. The molecule has 2 aromatic rings. The molecule has 0 radical (unpaired) electrons. The van der Waals surface area contributed by atoms with Gasteiger partial charge in [-0.15, -0.1) is 10.2 Å². The van der Waals surface area contributed by atoms with Crippen molar-refractivity contribution in [1.82, 2.24) is 25.0 Å². The van der Waals surface area contributed by atoms with Crippen molar-refractivity contribution >= 4 is 5.96 Å². The Morgan fingerprint density at radius 2 is 2.00 bits per heavy atom. The van der Waals surface area contributed by atoms with Gasteiger partial charge in [0.1, 0.15) is 30.3 Å². The first kappa shape index (κ1) is 22.3. The van der Waals surface area contributed by atoms with Gasteiger partial charge in [0.05, 0.1) is 20.2 Å². The highest BCUT2D eigenvalue weighted by Crippen LogP contribution is 2.16. The van der Waals surface area contributed by atoms with Gasteiger partial charge >= 0.3 is 0 Å². The molecule has 1 aromatic carbocycles. The number of hydrogen-bond acceptors (Lipinski definition) is 5. The topological polar surface area (TPSA) is 76.8 Å². The number of guanidine groups is 1. The maximum atomic E-state index is 5.83. The van der Waals surface area contributed by atoms with Crippen molar-refractivity contribution in [2.45, 2.75) is 26.8 Å². The first-order valence-electron chi connectivity index (χ1n) is 9.80. The smallest absolute Gasteiger partial charge is 0.194 e. The number of likely N-dealkylation sites (N-methyl/N-ethyl adjacent to an activating group) is 1. The van der Waals surface area contributed by atoms with E-state index in [0.717, 1.165) is 48.4 Å². The summed E-state index contributed by atoms with van der Waals surface area (Å²) in [4.78, 5) is 6.71. The summed E-state index contributed by atoms with van der Waals surface area (Å²) in [5.41, 5.74) is 1.01. The number of aryl methyl sites for hydroxylation is 1. The van der Waals surface area contributed by atoms with Gasteiger partial charge in [-0.3, -0.25) is 0 Å². The third-order valence-corrected chi connectivity index (χ3v) is 4.26. The van der Waals surface area contributed by atoms with Gasteiger partial charge in [-0.25, -0.2) is 4.99 Å². The summed E-state index contributed by atoms with van der Waals surface area (Å²) < 4.78 is 13.0. The minimum absolute atomic E-state index is 0.544. The van der Waals surface area contributed by atoms with Crippen molar-refractivity contribution in [3.8, 4) is 11.5 Å². The summed E-state index contributed by atoms with van der Waals surface area (Å²) in [5, 5.41) is 11.5. The highest BCUT2D eigenvalue weighted by atomic mass is 16.5. The first-order valence-corrected chi connectivity index (χ1v) is 9.80. The number of nitrogens with one attached hydrogen (secondary N) is 1. The van der Waals surface area contributed by atoms with Crippen LogP contribution in [-0.2, 0) is 13.0 Å². The summed E-state index contributed by atoms with van der Waals surface area (Å²) >= 11 is 0. The van der Waals surface area contributed by atoms with Gasteiger partial charge in [0, 0.05) is 26.6 Å². The molecule has 158 valence electrons. The Kier molecular flexibility index (Phi) is 9.01. The summed E-state index contributed by atoms with van der Waals surface area (Å²) in [6, 6.07) is 7.57. The lowest BCUT2D eigenvalue weighted by Gasteiger charge is -2.23. The third kappa shape index (κ3) is 7.48. The molecule has 0 atom stereocenters. The van der Waals surface area contributed by atoms with Crippen molar-refractivity contribution < 1.29 is 9.47 Å². The molecule has 0 aliphatic heterocycles. The van der Waals surface area contributed by atoms with Crippen molar-refractivity contribution in [1.29, 1.82) is 0 Å². The minimum Gasteiger partial charge on any atom is -0.497 e. The minimum atomic E-state index is 0.544. The SMILES string of the molecule is C=C(C)CN=C(NCCn1cnnc1CC)N(C)CCOc1ccc(OC)cc1. The Labute approximate surface area is 173 Å². The molecule has 1 aromatic heterocycles. The second-order valence-corrected chi connectivity index (χ2v) is 6.76. The van der Waals surface area contributed by atoms with Crippen molar-refractivity contribution in [3.05, 3.63) is 48.6 Å². The summed E-state index contributed by atoms with van der Waals surface area (Å²) in [7, 11) is 3.65. The Bertz CT molecular complexity index is 785. The van der Waals surface area contributed by atoms with E-state index in [9.17, 15) is 0 Å². The summed E-state index contributed by atoms with van der Waals surface area (Å²) in [5.74, 6) is 3.42. The lowest BCUT2D eigenvalue weighted by Crippen LogP contribution is -2.42. The van der Waals surface area contributed by atoms with Crippen LogP contribution in [0.3, 0.4) is 0 Å². The van der Waals surface area contributed by atoms with Crippen molar-refractivity contribution in [2.24, 2.45) is 4.99 Å². The molecule has 0 amide bonds. The molecule has 29 heavy (non-hydrogen) atoms. The number of nitrogens with zero attached hydrogens (tertiary/aromatic N) is 5. The second kappa shape index (κ2) is 11.7. The number of benzene rings is 1. The van der Waals surface area contributed by atoms with Gasteiger partial charge < -0.3 is 24.3 Å². The molecule has 0 aliphatic rings. The van der Waals surface area contributed by atoms with Gasteiger partial charge in [0.2, 0.25) is 0 Å². The van der Waals surface area contributed by atoms with E-state index >= 15 is 0 Å². The van der Waals surface area contributed by atoms with Crippen LogP contribution in [0.4, 0.5) is 0 Å². The van der Waals surface area contributed by atoms with Crippen LogP contribution in [0.15, 0.2) is 47.7 Å². The Balaban J connectivity index is 1.86. The third-order valence-electron chi connectivity index (χ3n) is 4.26. The molecule has 8 heteroatoms. The van der Waals surface area contributed by atoms with Crippen molar-refractivity contribution in [2.75, 3.05) is 40.4 Å². The largest absolute Gasteiger partial charge is 0.497 e. The molecule has 2 rings (SSSR count). The van der Waals surface area contributed by atoms with Crippen LogP contribution in [0.2, 0.25) is 0 Å². The van der Waals surface area contributed by atoms with Gasteiger partial charge in [0.25, 0.3) is 0 Å². The van der Waals surface area contributed by atoms with E-state index in [0.29, 0.717) is 19.7 Å². The van der Waals surface area contributed by atoms with Gasteiger partial charge in [-0.2, -0.15) is 0 Å². The van der Waals surface area contributed by atoms with E-state index in [4.69, 9.17) is 9.47 Å². The Morgan fingerprint density at radius 1 is 1.28 bits per heavy atom. The van der Waals surface area contributed by atoms with E-state index in [1.54, 1.807) is 13.4 Å². The predicted molar refractivity (Wildman–Crippen MR) is 116 cm³/mol. The number of aliphatic imine (C=N–C) groups is 1. The van der Waals surface area contributed by atoms with E-state index in [1.807, 2.05) is 38.2 Å². The number of hydrogen-bond donors (Lipinski definition) is 1. The quantitative estimate of drug-likeness (QED) is 0.355. The molecule has 0 fully saturated rings. The second-order valence-electron chi connectivity index (χ2n) is 6.76. The standard InChI is InChI=1S/C21H32N6O2/c1-6-20-25-24-16-27(20)12-11-22-21(23-15-17(2)3)26(4)13-14-29-19-9-7-18(28-5)8-10-19/h7-10,16H,2,6,11-15H2,1,3-5H3,(H,22,23). The van der Waals surface area contributed by atoms with Crippen molar-refractivity contribution in [3.63, 3.8) is 0 Å². The molecule has 0 spiro atoms. The zero-order valence-corrected chi connectivity index (χ0v) is 17.9. The maximum absolute atomic E-state index is 5.83. The predicted octanol–water partition coefficient (Wildman–Crippen LogP) is 2.38. The fourth-order valence-electron chi connectivity index (χ4n) is 2.63. The monoisotopic (exact) mass is 400 g/mol. The van der Waals surface area contributed by atoms with Gasteiger partial charge in [-0.1, -0.05) is 19.1 Å². The molecule has 0 saturated carbocycles. The lowest BCUT2D eigenvalue weighted by atomic mass is 10.3. The normalized spacial score (nSPS) is 11.2. The molecule has 0 bridgehead atoms. The van der Waals surface area contributed by atoms with E-state index in [-0.39, 0.29) is 0 Å². The lowest BCUT2D eigenvalue weighted by molar-refractivity contribution is 0.280. The molecule has 0 aliphatic carbocycles. The first-order chi connectivity index (χ1) is 14.0. The molecular formula is C21H32N6O2. The van der Waals surface area contributed by atoms with E-state index in [1.165, 1.54) is 0 Å². The van der Waals surface area contributed by atoms with Crippen LogP contribution in [-0.4, -0.2) is 66.0 Å². The fourth-order valence-corrected chi connectivity index (χ4v) is 2.63. The zero-order valence-electron chi connectivity index (χ0n) is 17.9. The van der Waals surface area contributed by atoms with Crippen LogP contribution in [0.1, 0.15) is 19.7 Å². The number of rotatable bonds is 11.